The van der Waals surface area contributed by atoms with Crippen LogP contribution in [0.15, 0.2) is 67.1 Å². The molecule has 0 radical (unpaired) electrons. The lowest BCUT2D eigenvalue weighted by molar-refractivity contribution is 0.0185. The van der Waals surface area contributed by atoms with Gasteiger partial charge in [0, 0.05) is 42.2 Å². The van der Waals surface area contributed by atoms with Gasteiger partial charge in [-0.25, -0.2) is 9.78 Å². The van der Waals surface area contributed by atoms with Crippen molar-refractivity contribution < 1.29 is 9.53 Å². The van der Waals surface area contributed by atoms with E-state index in [1.807, 2.05) is 56.2 Å². The molecule has 0 spiro atoms. The number of benzene rings is 2. The van der Waals surface area contributed by atoms with Crippen molar-refractivity contribution in [1.82, 2.24) is 19.7 Å². The number of nitrogens with zero attached hydrogens (tertiary/aromatic N) is 4. The van der Waals surface area contributed by atoms with Crippen LogP contribution < -0.4 is 5.73 Å². The van der Waals surface area contributed by atoms with Gasteiger partial charge in [0.15, 0.2) is 0 Å². The normalized spacial score (nSPS) is 14.9. The summed E-state index contributed by atoms with van der Waals surface area (Å²) >= 11 is 0. The highest BCUT2D eigenvalue weighted by Gasteiger charge is 2.28. The van der Waals surface area contributed by atoms with Crippen LogP contribution in [0.4, 0.5) is 10.6 Å². The molecule has 35 heavy (non-hydrogen) atoms. The average molecular weight is 470 g/mol. The third-order valence-corrected chi connectivity index (χ3v) is 6.40. The minimum atomic E-state index is -0.486. The maximum atomic E-state index is 12.4. The van der Waals surface area contributed by atoms with Crippen molar-refractivity contribution in [2.75, 3.05) is 18.8 Å². The molecule has 0 unspecified atom stereocenters. The first-order valence-electron chi connectivity index (χ1n) is 12.0. The molecule has 3 heterocycles. The highest BCUT2D eigenvalue weighted by Crippen LogP contribution is 2.32. The summed E-state index contributed by atoms with van der Waals surface area (Å²) in [6.45, 7) is 6.96. The van der Waals surface area contributed by atoms with Crippen LogP contribution in [-0.2, 0) is 4.74 Å². The largest absolute Gasteiger partial charge is 0.444 e. The van der Waals surface area contributed by atoms with E-state index in [4.69, 9.17) is 10.5 Å². The zero-order valence-corrected chi connectivity index (χ0v) is 20.4. The maximum absolute atomic E-state index is 12.4. The van der Waals surface area contributed by atoms with Crippen LogP contribution in [0.25, 0.3) is 33.0 Å². The number of hydrogen-bond acceptors (Lipinski definition) is 5. The molecule has 1 aliphatic heterocycles. The van der Waals surface area contributed by atoms with Gasteiger partial charge in [-0.3, -0.25) is 4.68 Å². The Kier molecular flexibility index (Phi) is 5.93. The molecule has 2 aromatic heterocycles. The van der Waals surface area contributed by atoms with Crippen LogP contribution in [0.3, 0.4) is 0 Å². The molecule has 1 aliphatic rings. The summed E-state index contributed by atoms with van der Waals surface area (Å²) in [6.07, 6.45) is 7.10. The van der Waals surface area contributed by atoms with E-state index < -0.39 is 5.60 Å². The van der Waals surface area contributed by atoms with Crippen molar-refractivity contribution >= 4 is 22.7 Å². The summed E-state index contributed by atoms with van der Waals surface area (Å²) in [6, 6.07) is 17.0. The summed E-state index contributed by atoms with van der Waals surface area (Å²) in [5.74, 6) is 0.480. The molecule has 2 N–H and O–H groups in total. The highest BCUT2D eigenvalue weighted by atomic mass is 16.6. The molecule has 1 fully saturated rings. The standard InChI is InChI=1S/C28H31N5O2/c1-28(2,3)35-27(34)32-12-10-24(11-13-32)33-18-23(17-31-33)25-15-22(16-30-26(25)29)21-9-8-19-6-4-5-7-20(19)14-21/h4-9,14-18,24H,10-13H2,1-3H3,(H2,29,30). The molecule has 1 saturated heterocycles. The first-order valence-corrected chi connectivity index (χ1v) is 12.0. The van der Waals surface area contributed by atoms with Crippen LogP contribution in [0, 0.1) is 0 Å². The summed E-state index contributed by atoms with van der Waals surface area (Å²) in [4.78, 5) is 18.6. The van der Waals surface area contributed by atoms with Gasteiger partial charge in [-0.1, -0.05) is 36.4 Å². The number of piperidine rings is 1. The monoisotopic (exact) mass is 469 g/mol. The number of pyridine rings is 1. The molecule has 180 valence electrons. The van der Waals surface area contributed by atoms with Crippen LogP contribution >= 0.6 is 0 Å². The quantitative estimate of drug-likeness (QED) is 0.402. The number of hydrogen-bond donors (Lipinski definition) is 1. The van der Waals surface area contributed by atoms with E-state index in [0.717, 1.165) is 35.1 Å². The Morgan fingerprint density at radius 1 is 0.971 bits per heavy atom. The van der Waals surface area contributed by atoms with Gasteiger partial charge in [0.25, 0.3) is 0 Å². The lowest BCUT2D eigenvalue weighted by atomic mass is 10.00. The van der Waals surface area contributed by atoms with Gasteiger partial charge in [-0.05, 0) is 62.1 Å². The Morgan fingerprint density at radius 3 is 2.46 bits per heavy atom. The van der Waals surface area contributed by atoms with E-state index in [9.17, 15) is 4.79 Å². The fourth-order valence-electron chi connectivity index (χ4n) is 4.55. The van der Waals surface area contributed by atoms with Crippen molar-refractivity contribution in [3.8, 4) is 22.3 Å². The van der Waals surface area contributed by atoms with Crippen molar-refractivity contribution in [2.24, 2.45) is 0 Å². The summed E-state index contributed by atoms with van der Waals surface area (Å²) in [5.41, 5.74) is 9.70. The number of rotatable bonds is 3. The number of fused-ring (bicyclic) bond motifs is 1. The fraction of sp³-hybridized carbons (Fsp3) is 0.321. The molecule has 0 aliphatic carbocycles. The maximum Gasteiger partial charge on any atom is 0.410 e. The molecule has 1 amide bonds. The van der Waals surface area contributed by atoms with Crippen LogP contribution in [-0.4, -0.2) is 44.4 Å². The average Bonchev–Trinajstić information content (AvgIpc) is 3.33. The van der Waals surface area contributed by atoms with Gasteiger partial charge >= 0.3 is 6.09 Å². The lowest BCUT2D eigenvalue weighted by Gasteiger charge is -2.33. The Labute approximate surface area is 205 Å². The number of anilines is 1. The zero-order chi connectivity index (χ0) is 24.6. The number of likely N-dealkylation sites (tertiary alicyclic amines) is 1. The van der Waals surface area contributed by atoms with Gasteiger partial charge in [0.1, 0.15) is 11.4 Å². The lowest BCUT2D eigenvalue weighted by Crippen LogP contribution is -2.42. The van der Waals surface area contributed by atoms with Crippen molar-refractivity contribution in [1.29, 1.82) is 0 Å². The topological polar surface area (TPSA) is 86.3 Å². The molecule has 7 nitrogen and oxygen atoms in total. The van der Waals surface area contributed by atoms with Gasteiger partial charge in [0.05, 0.1) is 12.2 Å². The molecule has 0 bridgehead atoms. The number of aromatic nitrogens is 3. The fourth-order valence-corrected chi connectivity index (χ4v) is 4.55. The van der Waals surface area contributed by atoms with Gasteiger partial charge in [-0.2, -0.15) is 5.10 Å². The van der Waals surface area contributed by atoms with Crippen molar-refractivity contribution in [3.05, 3.63) is 67.1 Å². The Morgan fingerprint density at radius 2 is 1.71 bits per heavy atom. The first kappa shape index (κ1) is 22.9. The molecule has 7 heteroatoms. The molecular weight excluding hydrogens is 438 g/mol. The van der Waals surface area contributed by atoms with E-state index in [-0.39, 0.29) is 12.1 Å². The summed E-state index contributed by atoms with van der Waals surface area (Å²) in [5, 5.41) is 7.02. The molecule has 2 aromatic carbocycles. The highest BCUT2D eigenvalue weighted by molar-refractivity contribution is 5.88. The van der Waals surface area contributed by atoms with Gasteiger partial charge in [0.2, 0.25) is 0 Å². The third-order valence-electron chi connectivity index (χ3n) is 6.40. The van der Waals surface area contributed by atoms with Crippen LogP contribution in [0.5, 0.6) is 0 Å². The summed E-state index contributed by atoms with van der Waals surface area (Å²) < 4.78 is 7.50. The Bertz CT molecular complexity index is 1360. The SMILES string of the molecule is CC(C)(C)OC(=O)N1CCC(n2cc(-c3cc(-c4ccc5ccccc5c4)cnc3N)cn2)CC1. The third kappa shape index (κ3) is 4.99. The number of amides is 1. The smallest absolute Gasteiger partial charge is 0.410 e. The van der Waals surface area contributed by atoms with Crippen LogP contribution in [0.1, 0.15) is 39.7 Å². The number of nitrogen functional groups attached to an aromatic ring is 1. The Balaban J connectivity index is 1.33. The number of nitrogens with two attached hydrogens (primary N) is 1. The second-order valence-electron chi connectivity index (χ2n) is 10.1. The second-order valence-corrected chi connectivity index (χ2v) is 10.1. The molecular formula is C28H31N5O2. The number of ether oxygens (including phenoxy) is 1. The number of carbonyl (C=O) groups excluding carboxylic acids is 1. The minimum absolute atomic E-state index is 0.222. The van der Waals surface area contributed by atoms with Crippen molar-refractivity contribution in [3.63, 3.8) is 0 Å². The van der Waals surface area contributed by atoms with Gasteiger partial charge in [-0.15, -0.1) is 0 Å². The zero-order valence-electron chi connectivity index (χ0n) is 20.4. The van der Waals surface area contributed by atoms with Crippen molar-refractivity contribution in [2.45, 2.75) is 45.3 Å². The predicted octanol–water partition coefficient (Wildman–Crippen LogP) is 5.92. The number of carbonyl (C=O) groups is 1. The first-order chi connectivity index (χ1) is 16.8. The van der Waals surface area contributed by atoms with E-state index in [1.165, 1.54) is 10.8 Å². The molecule has 5 rings (SSSR count). The van der Waals surface area contributed by atoms with E-state index >= 15 is 0 Å². The molecule has 0 atom stereocenters. The van der Waals surface area contributed by atoms with E-state index in [0.29, 0.717) is 18.9 Å². The predicted molar refractivity (Wildman–Crippen MR) is 139 cm³/mol. The van der Waals surface area contributed by atoms with Crippen LogP contribution in [0.2, 0.25) is 0 Å². The van der Waals surface area contributed by atoms with Gasteiger partial charge < -0.3 is 15.4 Å². The Hall–Kier alpha value is -3.87. The molecule has 0 saturated carbocycles. The minimum Gasteiger partial charge on any atom is -0.444 e. The second kappa shape index (κ2) is 9.06. The van der Waals surface area contributed by atoms with E-state index in [1.54, 1.807) is 4.90 Å². The van der Waals surface area contributed by atoms with E-state index in [2.05, 4.69) is 46.5 Å². The summed E-state index contributed by atoms with van der Waals surface area (Å²) in [7, 11) is 0. The molecule has 4 aromatic rings.